The molecule has 2 aliphatic rings. The second kappa shape index (κ2) is 9.11. The predicted octanol–water partition coefficient (Wildman–Crippen LogP) is 3.20. The molecular formula is C22H28ClN5O. The molecule has 2 atom stereocenters. The normalized spacial score (nSPS) is 22.6. The van der Waals surface area contributed by atoms with Crippen molar-refractivity contribution < 1.29 is 4.79 Å². The first kappa shape index (κ1) is 20.1. The van der Waals surface area contributed by atoms with Gasteiger partial charge in [-0.3, -0.25) is 4.79 Å². The maximum Gasteiger partial charge on any atom is 0.238 e. The third-order valence-corrected chi connectivity index (χ3v) is 6.23. The molecule has 0 spiro atoms. The van der Waals surface area contributed by atoms with Crippen LogP contribution >= 0.6 is 11.6 Å². The predicted molar refractivity (Wildman–Crippen MR) is 116 cm³/mol. The van der Waals surface area contributed by atoms with Gasteiger partial charge < -0.3 is 10.2 Å². The molecule has 0 aliphatic carbocycles. The van der Waals surface area contributed by atoms with Crippen molar-refractivity contribution in [2.24, 2.45) is 5.92 Å². The fourth-order valence-electron chi connectivity index (χ4n) is 3.95. The Morgan fingerprint density at radius 1 is 1.21 bits per heavy atom. The van der Waals surface area contributed by atoms with E-state index in [1.807, 2.05) is 36.5 Å². The van der Waals surface area contributed by atoms with Crippen LogP contribution in [-0.4, -0.2) is 30.0 Å². The number of hydrogen-bond donors (Lipinski definition) is 3. The minimum atomic E-state index is -0.293. The van der Waals surface area contributed by atoms with E-state index in [0.29, 0.717) is 18.0 Å². The lowest BCUT2D eigenvalue weighted by Crippen LogP contribution is -2.42. The molecule has 0 saturated carbocycles. The van der Waals surface area contributed by atoms with Gasteiger partial charge in [0.2, 0.25) is 5.91 Å². The molecule has 4 rings (SSSR count). The molecule has 1 aromatic carbocycles. The van der Waals surface area contributed by atoms with Crippen LogP contribution in [0.15, 0.2) is 42.6 Å². The molecule has 0 radical (unpaired) electrons. The zero-order valence-corrected chi connectivity index (χ0v) is 17.5. The molecule has 1 aromatic heterocycles. The molecule has 3 N–H and O–H groups in total. The highest BCUT2D eigenvalue weighted by atomic mass is 35.5. The number of carbonyl (C=O) groups is 1. The Balaban J connectivity index is 1.27. The molecule has 2 aromatic rings. The number of pyridine rings is 1. The fraction of sp³-hybridized carbons (Fsp3) is 0.455. The lowest BCUT2D eigenvalue weighted by atomic mass is 9.99. The SMILES string of the molecule is CC1CCN(c2ccc(CNC(=O)C3CC(c4ccccc4Cl)NN3)cn2)CC1. The molecule has 154 valence electrons. The molecule has 2 saturated heterocycles. The molecule has 0 bridgehead atoms. The maximum absolute atomic E-state index is 12.6. The Bertz CT molecular complexity index is 835. The molecule has 2 fully saturated rings. The third kappa shape index (κ3) is 4.89. The van der Waals surface area contributed by atoms with Crippen LogP contribution in [-0.2, 0) is 11.3 Å². The number of halogens is 1. The highest BCUT2D eigenvalue weighted by Gasteiger charge is 2.30. The van der Waals surface area contributed by atoms with Gasteiger partial charge in [-0.05, 0) is 48.4 Å². The number of carbonyl (C=O) groups excluding carboxylic acids is 1. The van der Waals surface area contributed by atoms with Crippen molar-refractivity contribution in [1.29, 1.82) is 0 Å². The molecular weight excluding hydrogens is 386 g/mol. The Morgan fingerprint density at radius 2 is 2.00 bits per heavy atom. The molecule has 1 amide bonds. The zero-order valence-electron chi connectivity index (χ0n) is 16.7. The molecule has 7 heteroatoms. The highest BCUT2D eigenvalue weighted by molar-refractivity contribution is 6.31. The van der Waals surface area contributed by atoms with E-state index < -0.39 is 0 Å². The summed E-state index contributed by atoms with van der Waals surface area (Å²) in [5.74, 6) is 1.80. The van der Waals surface area contributed by atoms with Crippen LogP contribution < -0.4 is 21.1 Å². The summed E-state index contributed by atoms with van der Waals surface area (Å²) in [5, 5.41) is 3.71. The summed E-state index contributed by atoms with van der Waals surface area (Å²) in [6, 6.07) is 11.5. The van der Waals surface area contributed by atoms with Gasteiger partial charge in [-0.2, -0.15) is 0 Å². The van der Waals surface area contributed by atoms with Gasteiger partial charge in [-0.25, -0.2) is 15.8 Å². The number of aromatic nitrogens is 1. The minimum Gasteiger partial charge on any atom is -0.357 e. The van der Waals surface area contributed by atoms with Crippen LogP contribution in [0.4, 0.5) is 5.82 Å². The van der Waals surface area contributed by atoms with E-state index in [2.05, 4.69) is 39.0 Å². The maximum atomic E-state index is 12.6. The van der Waals surface area contributed by atoms with Crippen molar-refractivity contribution in [2.45, 2.75) is 44.8 Å². The summed E-state index contributed by atoms with van der Waals surface area (Å²) in [4.78, 5) is 19.5. The molecule has 2 unspecified atom stereocenters. The minimum absolute atomic E-state index is 0.0210. The number of hydrogen-bond acceptors (Lipinski definition) is 5. The second-order valence-corrected chi connectivity index (χ2v) is 8.47. The summed E-state index contributed by atoms with van der Waals surface area (Å²) >= 11 is 6.27. The number of benzene rings is 1. The van der Waals surface area contributed by atoms with Crippen molar-refractivity contribution in [3.63, 3.8) is 0 Å². The number of rotatable bonds is 5. The highest BCUT2D eigenvalue weighted by Crippen LogP contribution is 2.28. The van der Waals surface area contributed by atoms with Crippen LogP contribution in [0.1, 0.15) is 43.4 Å². The average molecular weight is 414 g/mol. The molecule has 3 heterocycles. The van der Waals surface area contributed by atoms with Crippen molar-refractivity contribution in [3.05, 3.63) is 58.7 Å². The van der Waals surface area contributed by atoms with E-state index in [9.17, 15) is 4.79 Å². The number of nitrogens with one attached hydrogen (secondary N) is 3. The summed E-state index contributed by atoms with van der Waals surface area (Å²) in [5.41, 5.74) is 8.26. The molecule has 2 aliphatic heterocycles. The second-order valence-electron chi connectivity index (χ2n) is 8.06. The topological polar surface area (TPSA) is 69.3 Å². The third-order valence-electron chi connectivity index (χ3n) is 5.88. The van der Waals surface area contributed by atoms with Crippen LogP contribution in [0.5, 0.6) is 0 Å². The average Bonchev–Trinajstić information content (AvgIpc) is 3.23. The van der Waals surface area contributed by atoms with Gasteiger partial charge >= 0.3 is 0 Å². The lowest BCUT2D eigenvalue weighted by molar-refractivity contribution is -0.123. The number of anilines is 1. The quantitative estimate of drug-likeness (QED) is 0.702. The summed E-state index contributed by atoms with van der Waals surface area (Å²) in [7, 11) is 0. The van der Waals surface area contributed by atoms with E-state index in [-0.39, 0.29) is 18.0 Å². The van der Waals surface area contributed by atoms with Crippen molar-refractivity contribution >= 4 is 23.3 Å². The van der Waals surface area contributed by atoms with Gasteiger partial charge in [0, 0.05) is 36.9 Å². The number of amides is 1. The first-order chi connectivity index (χ1) is 14.1. The van der Waals surface area contributed by atoms with Crippen molar-refractivity contribution in [2.75, 3.05) is 18.0 Å². The Morgan fingerprint density at radius 3 is 2.72 bits per heavy atom. The van der Waals surface area contributed by atoms with Crippen LogP contribution in [0.3, 0.4) is 0 Å². The first-order valence-corrected chi connectivity index (χ1v) is 10.7. The van der Waals surface area contributed by atoms with Gasteiger partial charge in [-0.15, -0.1) is 0 Å². The molecule has 29 heavy (non-hydrogen) atoms. The van der Waals surface area contributed by atoms with Gasteiger partial charge in [-0.1, -0.05) is 42.8 Å². The van der Waals surface area contributed by atoms with Gasteiger partial charge in [0.05, 0.1) is 0 Å². The summed E-state index contributed by atoms with van der Waals surface area (Å²) in [6.45, 7) is 4.91. The van der Waals surface area contributed by atoms with Crippen LogP contribution in [0, 0.1) is 5.92 Å². The Kier molecular flexibility index (Phi) is 6.33. The number of hydrazine groups is 1. The smallest absolute Gasteiger partial charge is 0.238 e. The summed E-state index contributed by atoms with van der Waals surface area (Å²) < 4.78 is 0. The fourth-order valence-corrected chi connectivity index (χ4v) is 4.22. The van der Waals surface area contributed by atoms with E-state index in [0.717, 1.165) is 36.0 Å². The van der Waals surface area contributed by atoms with Crippen molar-refractivity contribution in [1.82, 2.24) is 21.2 Å². The van der Waals surface area contributed by atoms with Crippen LogP contribution in [0.25, 0.3) is 0 Å². The monoisotopic (exact) mass is 413 g/mol. The summed E-state index contributed by atoms with van der Waals surface area (Å²) in [6.07, 6.45) is 4.95. The Labute approximate surface area is 177 Å². The van der Waals surface area contributed by atoms with Gasteiger partial charge in [0.25, 0.3) is 0 Å². The Hall–Kier alpha value is -2.15. The van der Waals surface area contributed by atoms with Crippen molar-refractivity contribution in [3.8, 4) is 0 Å². The van der Waals surface area contributed by atoms with E-state index >= 15 is 0 Å². The lowest BCUT2D eigenvalue weighted by Gasteiger charge is -2.31. The van der Waals surface area contributed by atoms with Gasteiger partial charge in [0.15, 0.2) is 0 Å². The standard InChI is InChI=1S/C22H28ClN5O/c1-15-8-10-28(11-9-15)21-7-6-16(13-24-21)14-25-22(29)20-12-19(26-27-20)17-4-2-3-5-18(17)23/h2-7,13,15,19-20,26-27H,8-12,14H2,1H3,(H,25,29). The number of nitrogens with zero attached hydrogens (tertiary/aromatic N) is 2. The zero-order chi connectivity index (χ0) is 20.2. The van der Waals surface area contributed by atoms with Crippen LogP contribution in [0.2, 0.25) is 5.02 Å². The largest absolute Gasteiger partial charge is 0.357 e. The van der Waals surface area contributed by atoms with E-state index in [1.54, 1.807) is 0 Å². The van der Waals surface area contributed by atoms with Gasteiger partial charge in [0.1, 0.15) is 11.9 Å². The molecule has 6 nitrogen and oxygen atoms in total. The van der Waals surface area contributed by atoms with E-state index in [4.69, 9.17) is 11.6 Å². The first-order valence-electron chi connectivity index (χ1n) is 10.3. The van der Waals surface area contributed by atoms with E-state index in [1.165, 1.54) is 12.8 Å². The number of piperidine rings is 1.